The number of benzene rings is 1. The van der Waals surface area contributed by atoms with Crippen molar-refractivity contribution >= 4 is 22.7 Å². The molecule has 3 aromatic rings. The fourth-order valence-corrected chi connectivity index (χ4v) is 5.66. The Hall–Kier alpha value is -3.98. The summed E-state index contributed by atoms with van der Waals surface area (Å²) in [6.45, 7) is 5.93. The Morgan fingerprint density at radius 2 is 2.08 bits per heavy atom. The van der Waals surface area contributed by atoms with E-state index in [4.69, 9.17) is 10.5 Å². The molecule has 0 spiro atoms. The summed E-state index contributed by atoms with van der Waals surface area (Å²) in [4.78, 5) is 32.2. The van der Waals surface area contributed by atoms with Gasteiger partial charge in [-0.2, -0.15) is 5.10 Å². The van der Waals surface area contributed by atoms with Crippen LogP contribution in [-0.4, -0.2) is 37.3 Å². The monoisotopic (exact) mass is 485 g/mol. The molecular formula is C27H27N5O4. The number of hydrogen-bond donors (Lipinski definition) is 3. The van der Waals surface area contributed by atoms with Gasteiger partial charge < -0.3 is 20.9 Å². The number of Topliss-reactive ketones (excluding diaryl/α,β-unsaturated/α-hetero) is 1. The maximum atomic E-state index is 14.1. The zero-order valence-electron chi connectivity index (χ0n) is 20.5. The summed E-state index contributed by atoms with van der Waals surface area (Å²) in [5.74, 6) is -2.61. The molecule has 0 bridgehead atoms. The van der Waals surface area contributed by atoms with Gasteiger partial charge in [-0.15, -0.1) is 0 Å². The average molecular weight is 486 g/mol. The smallest absolute Gasteiger partial charge is 0.270 e. The summed E-state index contributed by atoms with van der Waals surface area (Å²) in [5.41, 5.74) is 8.27. The molecule has 1 fully saturated rings. The van der Waals surface area contributed by atoms with Gasteiger partial charge >= 0.3 is 0 Å². The van der Waals surface area contributed by atoms with Gasteiger partial charge in [0.05, 0.1) is 11.3 Å². The summed E-state index contributed by atoms with van der Waals surface area (Å²) in [5, 5.41) is 20.0. The second kappa shape index (κ2) is 7.27. The third-order valence-corrected chi connectivity index (χ3v) is 7.55. The number of hydrogen-bond acceptors (Lipinski definition) is 7. The van der Waals surface area contributed by atoms with Crippen molar-refractivity contribution in [1.29, 1.82) is 0 Å². The Labute approximate surface area is 207 Å². The SMILES string of the molecule is Cc1nn(C)c2ncc(C(=O)NC34C(=O)C5=C(N)CCC=C5C3(O)Oc3cc(C(C)C)ccc34)cc12. The van der Waals surface area contributed by atoms with E-state index in [0.717, 1.165) is 16.6 Å². The number of amides is 1. The minimum Gasteiger partial charge on any atom is -0.454 e. The molecule has 1 aliphatic heterocycles. The first kappa shape index (κ1) is 22.5. The molecule has 6 rings (SSSR count). The highest BCUT2D eigenvalue weighted by molar-refractivity contribution is 6.16. The molecule has 1 saturated carbocycles. The standard InChI is InChI=1S/C27H27N5O4/c1-13(2)15-8-9-18-21(11-15)36-27(35)19-6-5-7-20(28)22(19)23(33)26(18,27)30-25(34)16-10-17-14(3)31-32(4)24(17)29-12-16/h6,8-13,35H,5,7,28H2,1-4H3,(H,30,34). The van der Waals surface area contributed by atoms with Crippen LogP contribution in [0.25, 0.3) is 11.0 Å². The van der Waals surface area contributed by atoms with Crippen LogP contribution in [0.5, 0.6) is 5.75 Å². The Balaban J connectivity index is 1.53. The molecule has 1 amide bonds. The van der Waals surface area contributed by atoms with E-state index in [1.165, 1.54) is 6.20 Å². The lowest BCUT2D eigenvalue weighted by Crippen LogP contribution is -2.62. The Morgan fingerprint density at radius 1 is 1.31 bits per heavy atom. The first-order valence-corrected chi connectivity index (χ1v) is 12.0. The Kier molecular flexibility index (Phi) is 4.54. The highest BCUT2D eigenvalue weighted by atomic mass is 16.6. The van der Waals surface area contributed by atoms with E-state index in [2.05, 4.69) is 15.4 Å². The lowest BCUT2D eigenvalue weighted by Gasteiger charge is -2.34. The van der Waals surface area contributed by atoms with Crippen molar-refractivity contribution in [2.45, 2.75) is 50.9 Å². The van der Waals surface area contributed by atoms with Gasteiger partial charge in [0.25, 0.3) is 11.7 Å². The van der Waals surface area contributed by atoms with Gasteiger partial charge in [-0.25, -0.2) is 4.98 Å². The van der Waals surface area contributed by atoms with Crippen molar-refractivity contribution in [3.8, 4) is 5.75 Å². The van der Waals surface area contributed by atoms with Gasteiger partial charge in [-0.05, 0) is 43.4 Å². The molecule has 36 heavy (non-hydrogen) atoms. The van der Waals surface area contributed by atoms with Crippen LogP contribution in [0.3, 0.4) is 0 Å². The number of aliphatic hydroxyl groups is 1. The summed E-state index contributed by atoms with van der Waals surface area (Å²) in [7, 11) is 1.78. The predicted octanol–water partition coefficient (Wildman–Crippen LogP) is 2.62. The number of nitrogens with one attached hydrogen (secondary N) is 1. The van der Waals surface area contributed by atoms with E-state index in [0.29, 0.717) is 41.1 Å². The van der Waals surface area contributed by atoms with Crippen LogP contribution in [0.15, 0.2) is 53.4 Å². The number of aromatic nitrogens is 3. The fraction of sp³-hybridized carbons (Fsp3) is 0.333. The maximum Gasteiger partial charge on any atom is 0.270 e. The van der Waals surface area contributed by atoms with E-state index in [9.17, 15) is 14.7 Å². The molecule has 4 N–H and O–H groups in total. The topological polar surface area (TPSA) is 132 Å². The van der Waals surface area contributed by atoms with E-state index >= 15 is 0 Å². The van der Waals surface area contributed by atoms with Crippen LogP contribution < -0.4 is 15.8 Å². The Morgan fingerprint density at radius 3 is 2.83 bits per heavy atom. The van der Waals surface area contributed by atoms with E-state index in [1.54, 1.807) is 29.9 Å². The molecule has 184 valence electrons. The average Bonchev–Trinajstić information content (AvgIpc) is 3.34. The summed E-state index contributed by atoms with van der Waals surface area (Å²) in [6.07, 6.45) is 4.26. The van der Waals surface area contributed by atoms with Crippen molar-refractivity contribution in [2.24, 2.45) is 12.8 Å². The lowest BCUT2D eigenvalue weighted by atomic mass is 9.82. The number of aryl methyl sites for hydroxylation is 2. The van der Waals surface area contributed by atoms with Crippen LogP contribution in [0.4, 0.5) is 0 Å². The number of carbonyl (C=O) groups excluding carboxylic acids is 2. The number of allylic oxidation sites excluding steroid dienone is 2. The normalized spacial score (nSPS) is 24.5. The molecule has 2 aromatic heterocycles. The summed E-state index contributed by atoms with van der Waals surface area (Å²) in [6, 6.07) is 7.15. The first-order valence-electron chi connectivity index (χ1n) is 12.0. The van der Waals surface area contributed by atoms with Crippen molar-refractivity contribution in [1.82, 2.24) is 20.1 Å². The van der Waals surface area contributed by atoms with Crippen LogP contribution in [0.2, 0.25) is 0 Å². The van der Waals surface area contributed by atoms with Gasteiger partial charge in [-0.1, -0.05) is 32.1 Å². The molecule has 0 radical (unpaired) electrons. The third kappa shape index (κ3) is 2.69. The second-order valence-corrected chi connectivity index (χ2v) is 10.1. The van der Waals surface area contributed by atoms with Gasteiger partial charge in [0, 0.05) is 41.0 Å². The van der Waals surface area contributed by atoms with E-state index in [1.807, 2.05) is 32.9 Å². The molecule has 0 saturated heterocycles. The summed E-state index contributed by atoms with van der Waals surface area (Å²) < 4.78 is 7.81. The number of carbonyl (C=O) groups is 2. The lowest BCUT2D eigenvalue weighted by molar-refractivity contribution is -0.152. The summed E-state index contributed by atoms with van der Waals surface area (Å²) >= 11 is 0. The quantitative estimate of drug-likeness (QED) is 0.519. The van der Waals surface area contributed by atoms with Crippen LogP contribution >= 0.6 is 0 Å². The van der Waals surface area contributed by atoms with Gasteiger partial charge in [0.1, 0.15) is 5.75 Å². The number of ketones is 1. The predicted molar refractivity (Wildman–Crippen MR) is 132 cm³/mol. The molecule has 3 heterocycles. The van der Waals surface area contributed by atoms with Gasteiger partial charge in [0.15, 0.2) is 5.65 Å². The van der Waals surface area contributed by atoms with Crippen molar-refractivity contribution < 1.29 is 19.4 Å². The largest absolute Gasteiger partial charge is 0.454 e. The zero-order chi connectivity index (χ0) is 25.6. The third-order valence-electron chi connectivity index (χ3n) is 7.55. The maximum absolute atomic E-state index is 14.1. The molecule has 9 heteroatoms. The minimum atomic E-state index is -2.13. The number of nitrogens with two attached hydrogens (primary N) is 1. The molecule has 3 aliphatic rings. The van der Waals surface area contributed by atoms with Crippen LogP contribution in [0, 0.1) is 6.92 Å². The number of pyridine rings is 1. The Bertz CT molecular complexity index is 1570. The van der Waals surface area contributed by atoms with E-state index in [-0.39, 0.29) is 17.1 Å². The molecular weight excluding hydrogens is 458 g/mol. The number of rotatable bonds is 3. The molecule has 9 nitrogen and oxygen atoms in total. The molecule has 2 aliphatic carbocycles. The van der Waals surface area contributed by atoms with Crippen molar-refractivity contribution in [3.63, 3.8) is 0 Å². The first-order chi connectivity index (χ1) is 17.1. The van der Waals surface area contributed by atoms with E-state index < -0.39 is 23.0 Å². The molecule has 2 atom stereocenters. The second-order valence-electron chi connectivity index (χ2n) is 10.1. The van der Waals surface area contributed by atoms with Crippen molar-refractivity contribution in [3.05, 3.63) is 75.8 Å². The molecule has 2 unspecified atom stereocenters. The van der Waals surface area contributed by atoms with Crippen LogP contribution in [0.1, 0.15) is 59.8 Å². The number of nitrogens with zero attached hydrogens (tertiary/aromatic N) is 3. The van der Waals surface area contributed by atoms with Crippen LogP contribution in [-0.2, 0) is 17.4 Å². The minimum absolute atomic E-state index is 0.204. The highest BCUT2D eigenvalue weighted by Crippen LogP contribution is 2.59. The zero-order valence-corrected chi connectivity index (χ0v) is 20.5. The van der Waals surface area contributed by atoms with Gasteiger partial charge in [-0.3, -0.25) is 14.3 Å². The van der Waals surface area contributed by atoms with Crippen molar-refractivity contribution in [2.75, 3.05) is 0 Å². The van der Waals surface area contributed by atoms with Gasteiger partial charge in [0.2, 0.25) is 11.3 Å². The number of ether oxygens (including phenoxy) is 1. The number of fused-ring (bicyclic) bond motifs is 6. The fourth-order valence-electron chi connectivity index (χ4n) is 5.66. The molecule has 1 aromatic carbocycles. The highest BCUT2D eigenvalue weighted by Gasteiger charge is 2.74.